The van der Waals surface area contributed by atoms with Crippen molar-refractivity contribution in [3.05, 3.63) is 27.8 Å². The SMILES string of the molecule is Cc1cc(C(C)C(=O)O)c(O)c(Cl)c1C. The van der Waals surface area contributed by atoms with Crippen molar-refractivity contribution in [3.63, 3.8) is 0 Å². The van der Waals surface area contributed by atoms with Crippen LogP contribution in [0.15, 0.2) is 6.07 Å². The number of rotatable bonds is 2. The van der Waals surface area contributed by atoms with Gasteiger partial charge in [0, 0.05) is 5.56 Å². The number of phenolic OH excluding ortho intramolecular Hbond substituents is 1. The Morgan fingerprint density at radius 2 is 2.00 bits per heavy atom. The lowest BCUT2D eigenvalue weighted by Crippen LogP contribution is -2.08. The van der Waals surface area contributed by atoms with E-state index in [2.05, 4.69) is 0 Å². The van der Waals surface area contributed by atoms with Gasteiger partial charge in [-0.1, -0.05) is 17.7 Å². The summed E-state index contributed by atoms with van der Waals surface area (Å²) in [5.41, 5.74) is 2.01. The van der Waals surface area contributed by atoms with E-state index in [9.17, 15) is 9.90 Å². The number of phenols is 1. The Balaban J connectivity index is 3.38. The molecule has 2 N–H and O–H groups in total. The van der Waals surface area contributed by atoms with Crippen molar-refractivity contribution in [1.82, 2.24) is 0 Å². The summed E-state index contributed by atoms with van der Waals surface area (Å²) < 4.78 is 0. The molecule has 0 radical (unpaired) electrons. The Kier molecular flexibility index (Phi) is 3.25. The highest BCUT2D eigenvalue weighted by molar-refractivity contribution is 6.33. The third kappa shape index (κ3) is 2.07. The molecule has 1 unspecified atom stereocenters. The fraction of sp³-hybridized carbons (Fsp3) is 0.364. The van der Waals surface area contributed by atoms with Gasteiger partial charge in [0.25, 0.3) is 0 Å². The van der Waals surface area contributed by atoms with E-state index in [-0.39, 0.29) is 10.8 Å². The van der Waals surface area contributed by atoms with E-state index < -0.39 is 11.9 Å². The molecule has 0 saturated heterocycles. The average molecular weight is 229 g/mol. The number of aliphatic carboxylic acids is 1. The second-order valence-electron chi connectivity index (χ2n) is 3.63. The molecule has 1 rings (SSSR count). The predicted molar refractivity (Wildman–Crippen MR) is 58.6 cm³/mol. The molecule has 0 fully saturated rings. The summed E-state index contributed by atoms with van der Waals surface area (Å²) in [5, 5.41) is 18.8. The summed E-state index contributed by atoms with van der Waals surface area (Å²) in [4.78, 5) is 10.8. The molecule has 1 aromatic rings. The standard InChI is InChI=1S/C11H13ClO3/c1-5-4-8(7(3)11(14)15)10(13)9(12)6(5)2/h4,7,13H,1-3H3,(H,14,15). The van der Waals surface area contributed by atoms with Crippen LogP contribution in [0.4, 0.5) is 0 Å². The first kappa shape index (κ1) is 11.9. The van der Waals surface area contributed by atoms with Gasteiger partial charge in [0.2, 0.25) is 0 Å². The minimum absolute atomic E-state index is 0.130. The number of benzene rings is 1. The minimum Gasteiger partial charge on any atom is -0.506 e. The number of carboxylic acid groups (broad SMARTS) is 1. The van der Waals surface area contributed by atoms with Gasteiger partial charge in [-0.2, -0.15) is 0 Å². The molecule has 4 heteroatoms. The smallest absolute Gasteiger partial charge is 0.310 e. The maximum absolute atomic E-state index is 10.8. The second-order valence-corrected chi connectivity index (χ2v) is 4.01. The van der Waals surface area contributed by atoms with E-state index in [0.29, 0.717) is 5.56 Å². The largest absolute Gasteiger partial charge is 0.506 e. The number of aryl methyl sites for hydroxylation is 1. The van der Waals surface area contributed by atoms with Gasteiger partial charge in [-0.15, -0.1) is 0 Å². The van der Waals surface area contributed by atoms with Crippen LogP contribution in [0.1, 0.15) is 29.5 Å². The van der Waals surface area contributed by atoms with Gasteiger partial charge in [-0.3, -0.25) is 4.79 Å². The molecule has 0 aliphatic carbocycles. The van der Waals surface area contributed by atoms with E-state index in [1.54, 1.807) is 13.0 Å². The van der Waals surface area contributed by atoms with Gasteiger partial charge >= 0.3 is 5.97 Å². The maximum atomic E-state index is 10.8. The van der Waals surface area contributed by atoms with Crippen molar-refractivity contribution in [2.24, 2.45) is 0 Å². The van der Waals surface area contributed by atoms with E-state index >= 15 is 0 Å². The first-order chi connectivity index (χ1) is 6.86. The molecular weight excluding hydrogens is 216 g/mol. The van der Waals surface area contributed by atoms with Crippen molar-refractivity contribution in [2.45, 2.75) is 26.7 Å². The first-order valence-electron chi connectivity index (χ1n) is 4.57. The fourth-order valence-electron chi connectivity index (χ4n) is 1.35. The highest BCUT2D eigenvalue weighted by Crippen LogP contribution is 2.36. The lowest BCUT2D eigenvalue weighted by atomic mass is 9.96. The van der Waals surface area contributed by atoms with Crippen molar-refractivity contribution in [2.75, 3.05) is 0 Å². The molecule has 0 aromatic heterocycles. The summed E-state index contributed by atoms with van der Waals surface area (Å²) in [5.74, 6) is -1.87. The molecule has 0 heterocycles. The number of hydrogen-bond acceptors (Lipinski definition) is 2. The zero-order valence-corrected chi connectivity index (χ0v) is 9.59. The molecule has 82 valence electrons. The third-order valence-corrected chi connectivity index (χ3v) is 3.07. The Bertz CT molecular complexity index is 413. The molecule has 0 bridgehead atoms. The van der Waals surface area contributed by atoms with Crippen LogP contribution in [0, 0.1) is 13.8 Å². The molecule has 1 aromatic carbocycles. The molecule has 0 aliphatic rings. The third-order valence-electron chi connectivity index (χ3n) is 2.61. The maximum Gasteiger partial charge on any atom is 0.310 e. The second kappa shape index (κ2) is 4.11. The highest BCUT2D eigenvalue weighted by Gasteiger charge is 2.21. The van der Waals surface area contributed by atoms with Crippen molar-refractivity contribution in [1.29, 1.82) is 0 Å². The normalized spacial score (nSPS) is 12.5. The summed E-state index contributed by atoms with van der Waals surface area (Å²) in [6.45, 7) is 5.13. The molecular formula is C11H13ClO3. The molecule has 0 spiro atoms. The predicted octanol–water partition coefficient (Wildman–Crippen LogP) is 2.85. The van der Waals surface area contributed by atoms with Gasteiger partial charge in [0.1, 0.15) is 5.75 Å². The number of aromatic hydroxyl groups is 1. The van der Waals surface area contributed by atoms with E-state index in [4.69, 9.17) is 16.7 Å². The summed E-state index contributed by atoms with van der Waals surface area (Å²) in [6, 6.07) is 1.66. The quantitative estimate of drug-likeness (QED) is 0.818. The lowest BCUT2D eigenvalue weighted by molar-refractivity contribution is -0.138. The Morgan fingerprint density at radius 3 is 2.47 bits per heavy atom. The average Bonchev–Trinajstić information content (AvgIpc) is 2.19. The van der Waals surface area contributed by atoms with E-state index in [1.807, 2.05) is 6.92 Å². The fourth-order valence-corrected chi connectivity index (χ4v) is 1.61. The van der Waals surface area contributed by atoms with Crippen LogP contribution in [0.25, 0.3) is 0 Å². The molecule has 1 atom stereocenters. The molecule has 0 amide bonds. The van der Waals surface area contributed by atoms with Crippen molar-refractivity contribution >= 4 is 17.6 Å². The zero-order chi connectivity index (χ0) is 11.7. The van der Waals surface area contributed by atoms with Gasteiger partial charge < -0.3 is 10.2 Å². The van der Waals surface area contributed by atoms with Crippen LogP contribution in [0.2, 0.25) is 5.02 Å². The number of carbonyl (C=O) groups is 1. The van der Waals surface area contributed by atoms with Gasteiger partial charge in [0.15, 0.2) is 0 Å². The Hall–Kier alpha value is -1.22. The lowest BCUT2D eigenvalue weighted by Gasteiger charge is -2.14. The van der Waals surface area contributed by atoms with Crippen LogP contribution < -0.4 is 0 Å². The van der Waals surface area contributed by atoms with Crippen molar-refractivity contribution in [3.8, 4) is 5.75 Å². The highest BCUT2D eigenvalue weighted by atomic mass is 35.5. The van der Waals surface area contributed by atoms with E-state index in [0.717, 1.165) is 11.1 Å². The van der Waals surface area contributed by atoms with Crippen LogP contribution in [0.5, 0.6) is 5.75 Å². The number of hydrogen-bond donors (Lipinski definition) is 2. The van der Waals surface area contributed by atoms with Gasteiger partial charge in [-0.25, -0.2) is 0 Å². The Labute approximate surface area is 93.3 Å². The van der Waals surface area contributed by atoms with Crippen LogP contribution in [-0.4, -0.2) is 16.2 Å². The summed E-state index contributed by atoms with van der Waals surface area (Å²) in [7, 11) is 0. The van der Waals surface area contributed by atoms with Crippen molar-refractivity contribution < 1.29 is 15.0 Å². The minimum atomic E-state index is -0.982. The summed E-state index contributed by atoms with van der Waals surface area (Å²) >= 11 is 5.89. The molecule has 0 saturated carbocycles. The van der Waals surface area contributed by atoms with Crippen LogP contribution >= 0.6 is 11.6 Å². The topological polar surface area (TPSA) is 57.5 Å². The summed E-state index contributed by atoms with van der Waals surface area (Å²) in [6.07, 6.45) is 0. The van der Waals surface area contributed by atoms with Gasteiger partial charge in [-0.05, 0) is 31.9 Å². The van der Waals surface area contributed by atoms with Crippen LogP contribution in [-0.2, 0) is 4.79 Å². The van der Waals surface area contributed by atoms with E-state index in [1.165, 1.54) is 6.92 Å². The number of halogens is 1. The molecule has 0 aliphatic heterocycles. The van der Waals surface area contributed by atoms with Crippen LogP contribution in [0.3, 0.4) is 0 Å². The van der Waals surface area contributed by atoms with Gasteiger partial charge in [0.05, 0.1) is 10.9 Å². The monoisotopic (exact) mass is 228 g/mol. The molecule has 15 heavy (non-hydrogen) atoms. The Morgan fingerprint density at radius 1 is 1.47 bits per heavy atom. The zero-order valence-electron chi connectivity index (χ0n) is 8.84. The molecule has 3 nitrogen and oxygen atoms in total. The first-order valence-corrected chi connectivity index (χ1v) is 4.95. The number of carboxylic acids is 1.